The molecule has 8 nitrogen and oxygen atoms in total. The third kappa shape index (κ3) is 3.60. The largest absolute Gasteiger partial charge is 0.545 e. The van der Waals surface area contributed by atoms with Crippen LogP contribution in [0.15, 0.2) is 36.4 Å². The number of carboxylic acid groups (broad SMARTS) is 1. The van der Waals surface area contributed by atoms with Crippen molar-refractivity contribution in [1.82, 2.24) is 0 Å². The molecule has 0 fully saturated rings. The van der Waals surface area contributed by atoms with Gasteiger partial charge in [0.1, 0.15) is 6.10 Å². The van der Waals surface area contributed by atoms with Crippen molar-refractivity contribution in [2.75, 3.05) is 14.2 Å². The predicted molar refractivity (Wildman–Crippen MR) is 96.0 cm³/mol. The number of hydrogen-bond donors (Lipinski definition) is 3. The van der Waals surface area contributed by atoms with Gasteiger partial charge < -0.3 is 39.4 Å². The van der Waals surface area contributed by atoms with Crippen LogP contribution in [0.25, 0.3) is 6.08 Å². The minimum absolute atomic E-state index is 0.0601. The standard InChI is InChI=1S/C20H20O8/c1-26-14-9-11(4-5-13(14)21)18-17(20(24)25)12-7-10(3-6-16(22)23)8-15(27-2)19(12)28-18/h3-9,17-18,20-21,24-25H,1-2H3,(H,22,23)/p-1/b6-3+/t17-,18+/m1/s1. The molecule has 2 atom stereocenters. The van der Waals surface area contributed by atoms with Crippen LogP contribution >= 0.6 is 0 Å². The maximum atomic E-state index is 10.7. The number of carboxylic acids is 1. The molecule has 8 heteroatoms. The van der Waals surface area contributed by atoms with Crippen molar-refractivity contribution in [1.29, 1.82) is 0 Å². The van der Waals surface area contributed by atoms with Crippen molar-refractivity contribution < 1.29 is 39.4 Å². The maximum absolute atomic E-state index is 10.7. The summed E-state index contributed by atoms with van der Waals surface area (Å²) in [6, 6.07) is 7.72. The van der Waals surface area contributed by atoms with Gasteiger partial charge in [0.15, 0.2) is 29.3 Å². The molecule has 0 aromatic heterocycles. The normalized spacial score (nSPS) is 18.2. The molecule has 0 bridgehead atoms. The smallest absolute Gasteiger partial charge is 0.165 e. The lowest BCUT2D eigenvalue weighted by atomic mass is 9.89. The van der Waals surface area contributed by atoms with Crippen molar-refractivity contribution >= 4 is 12.0 Å². The molecule has 3 rings (SSSR count). The van der Waals surface area contributed by atoms with Crippen molar-refractivity contribution in [3.63, 3.8) is 0 Å². The minimum atomic E-state index is -1.77. The van der Waals surface area contributed by atoms with E-state index in [-0.39, 0.29) is 11.5 Å². The first-order chi connectivity index (χ1) is 13.3. The molecule has 0 radical (unpaired) electrons. The second-order valence-electron chi connectivity index (χ2n) is 6.20. The molecule has 0 unspecified atom stereocenters. The molecule has 2 aromatic carbocycles. The molecule has 1 aliphatic rings. The van der Waals surface area contributed by atoms with Crippen LogP contribution in [0.4, 0.5) is 0 Å². The fraction of sp³-hybridized carbons (Fsp3) is 0.250. The highest BCUT2D eigenvalue weighted by Crippen LogP contribution is 2.52. The molecule has 0 aliphatic carbocycles. The Kier molecular flexibility index (Phi) is 5.43. The van der Waals surface area contributed by atoms with Crippen LogP contribution in [0.5, 0.6) is 23.0 Å². The quantitative estimate of drug-likeness (QED) is 0.488. The summed E-state index contributed by atoms with van der Waals surface area (Å²) >= 11 is 0. The number of ether oxygens (including phenoxy) is 3. The zero-order valence-electron chi connectivity index (χ0n) is 15.2. The topological polar surface area (TPSA) is 129 Å². The number of carbonyl (C=O) groups excluding carboxylic acids is 1. The second-order valence-corrected chi connectivity index (χ2v) is 6.20. The Hall–Kier alpha value is -3.23. The number of benzene rings is 2. The number of phenolic OH excluding ortho intramolecular Hbond substituents is 1. The maximum Gasteiger partial charge on any atom is 0.165 e. The summed E-state index contributed by atoms with van der Waals surface area (Å²) in [5, 5.41) is 40.5. The van der Waals surface area contributed by atoms with E-state index in [2.05, 4.69) is 0 Å². The molecule has 0 saturated heterocycles. The van der Waals surface area contributed by atoms with E-state index >= 15 is 0 Å². The minimum Gasteiger partial charge on any atom is -0.545 e. The van der Waals surface area contributed by atoms with Crippen LogP contribution in [0, 0.1) is 0 Å². The second kappa shape index (κ2) is 7.79. The Bertz CT molecular complexity index is 919. The molecule has 148 valence electrons. The number of aliphatic carboxylic acids is 1. The van der Waals surface area contributed by atoms with Crippen molar-refractivity contribution in [2.24, 2.45) is 0 Å². The fourth-order valence-electron chi connectivity index (χ4n) is 3.26. The van der Waals surface area contributed by atoms with Gasteiger partial charge in [-0.15, -0.1) is 0 Å². The number of rotatable bonds is 6. The highest BCUT2D eigenvalue weighted by atomic mass is 16.5. The molecule has 0 saturated carbocycles. The Morgan fingerprint density at radius 2 is 1.89 bits per heavy atom. The average Bonchev–Trinajstić information content (AvgIpc) is 3.05. The van der Waals surface area contributed by atoms with E-state index in [9.17, 15) is 25.2 Å². The monoisotopic (exact) mass is 387 g/mol. The molecular weight excluding hydrogens is 368 g/mol. The van der Waals surface area contributed by atoms with Gasteiger partial charge in [-0.3, -0.25) is 0 Å². The van der Waals surface area contributed by atoms with Crippen molar-refractivity contribution in [3.05, 3.63) is 53.1 Å². The molecule has 0 spiro atoms. The van der Waals surface area contributed by atoms with E-state index in [1.165, 1.54) is 26.4 Å². The number of phenols is 1. The molecule has 28 heavy (non-hydrogen) atoms. The molecule has 1 heterocycles. The summed E-state index contributed by atoms with van der Waals surface area (Å²) < 4.78 is 16.4. The number of fused-ring (bicyclic) bond motifs is 1. The summed E-state index contributed by atoms with van der Waals surface area (Å²) in [4.78, 5) is 10.7. The number of aliphatic hydroxyl groups is 2. The van der Waals surface area contributed by atoms with E-state index in [1.54, 1.807) is 24.3 Å². The SMILES string of the molecule is COc1cc([C@@H]2Oc3c(OC)cc(/C=C/C(=O)[O-])cc3[C@H]2C(O)O)ccc1O. The third-order valence-electron chi connectivity index (χ3n) is 4.52. The summed E-state index contributed by atoms with van der Waals surface area (Å²) in [5.41, 5.74) is 1.47. The highest BCUT2D eigenvalue weighted by Gasteiger charge is 2.42. The summed E-state index contributed by atoms with van der Waals surface area (Å²) in [6.45, 7) is 0. The van der Waals surface area contributed by atoms with E-state index in [4.69, 9.17) is 14.2 Å². The van der Waals surface area contributed by atoms with Crippen LogP contribution in [0.1, 0.15) is 28.7 Å². The van der Waals surface area contributed by atoms with Crippen molar-refractivity contribution in [3.8, 4) is 23.0 Å². The van der Waals surface area contributed by atoms with Crippen LogP contribution in [0.2, 0.25) is 0 Å². The third-order valence-corrected chi connectivity index (χ3v) is 4.52. The number of methoxy groups -OCH3 is 2. The first kappa shape index (κ1) is 19.5. The van der Waals surface area contributed by atoms with Crippen LogP contribution in [-0.4, -0.2) is 41.8 Å². The van der Waals surface area contributed by atoms with Gasteiger partial charge in [-0.2, -0.15) is 0 Å². The van der Waals surface area contributed by atoms with E-state index < -0.39 is 24.3 Å². The Balaban J connectivity index is 2.09. The fourth-order valence-corrected chi connectivity index (χ4v) is 3.26. The van der Waals surface area contributed by atoms with Crippen LogP contribution in [0.3, 0.4) is 0 Å². The van der Waals surface area contributed by atoms with Crippen LogP contribution < -0.4 is 19.3 Å². The molecule has 0 amide bonds. The van der Waals surface area contributed by atoms with Crippen molar-refractivity contribution in [2.45, 2.75) is 18.3 Å². The molecule has 1 aliphatic heterocycles. The number of aliphatic hydroxyl groups excluding tert-OH is 1. The van der Waals surface area contributed by atoms with Crippen LogP contribution in [-0.2, 0) is 4.79 Å². The average molecular weight is 387 g/mol. The summed E-state index contributed by atoms with van der Waals surface area (Å²) in [6.07, 6.45) is -0.380. The Labute approximate surface area is 160 Å². The Morgan fingerprint density at radius 3 is 2.50 bits per heavy atom. The van der Waals surface area contributed by atoms with E-state index in [1.807, 2.05) is 0 Å². The predicted octanol–water partition coefficient (Wildman–Crippen LogP) is 0.700. The number of aromatic hydroxyl groups is 1. The van der Waals surface area contributed by atoms with Gasteiger partial charge in [0.2, 0.25) is 0 Å². The molecule has 3 N–H and O–H groups in total. The highest BCUT2D eigenvalue weighted by molar-refractivity contribution is 5.84. The lowest BCUT2D eigenvalue weighted by Gasteiger charge is -2.21. The zero-order valence-corrected chi connectivity index (χ0v) is 15.2. The molecular formula is C20H19O8-. The van der Waals surface area contributed by atoms with Gasteiger partial charge >= 0.3 is 0 Å². The van der Waals surface area contributed by atoms with E-state index in [0.717, 1.165) is 6.08 Å². The molecule has 2 aromatic rings. The van der Waals surface area contributed by atoms with Gasteiger partial charge in [0, 0.05) is 5.56 Å². The summed E-state index contributed by atoms with van der Waals surface area (Å²) in [7, 11) is 2.83. The summed E-state index contributed by atoms with van der Waals surface area (Å²) in [5.74, 6) is -1.45. The van der Waals surface area contributed by atoms with Gasteiger partial charge in [-0.05, 0) is 41.5 Å². The van der Waals surface area contributed by atoms with Gasteiger partial charge in [0.25, 0.3) is 0 Å². The lowest BCUT2D eigenvalue weighted by Crippen LogP contribution is -2.22. The van der Waals surface area contributed by atoms with E-state index in [0.29, 0.717) is 28.2 Å². The first-order valence-electron chi connectivity index (χ1n) is 8.36. The number of carbonyl (C=O) groups is 1. The lowest BCUT2D eigenvalue weighted by molar-refractivity contribution is -0.297. The van der Waals surface area contributed by atoms with Gasteiger partial charge in [-0.1, -0.05) is 12.1 Å². The van der Waals surface area contributed by atoms with Gasteiger partial charge in [-0.25, -0.2) is 0 Å². The Morgan fingerprint density at radius 1 is 1.18 bits per heavy atom. The zero-order chi connectivity index (χ0) is 20.4. The van der Waals surface area contributed by atoms with Gasteiger partial charge in [0.05, 0.1) is 26.1 Å². The first-order valence-corrected chi connectivity index (χ1v) is 8.36. The number of hydrogen-bond acceptors (Lipinski definition) is 8.